The summed E-state index contributed by atoms with van der Waals surface area (Å²) in [5, 5.41) is 3.13. The summed E-state index contributed by atoms with van der Waals surface area (Å²) in [4.78, 5) is 12.4. The van der Waals surface area contributed by atoms with E-state index in [9.17, 15) is 4.79 Å². The standard InChI is InChI=1S/C20H23NO4/c1-23-15-7-4-13(5-8-15)10-20(22)21-17-9-6-14-11-18(24-2)19(25-3)12-16(14)17/h4-5,7-8,11-12,17H,6,9-10H2,1-3H3,(H,21,22)/t17-/m0/s1. The number of aryl methyl sites for hydroxylation is 1. The number of amides is 1. The van der Waals surface area contributed by atoms with Crippen LogP contribution in [-0.2, 0) is 17.6 Å². The van der Waals surface area contributed by atoms with Crippen molar-refractivity contribution in [3.63, 3.8) is 0 Å². The third-order valence-electron chi connectivity index (χ3n) is 4.58. The van der Waals surface area contributed by atoms with E-state index in [1.807, 2.05) is 36.4 Å². The lowest BCUT2D eigenvalue weighted by atomic mass is 10.1. The molecule has 1 atom stereocenters. The SMILES string of the molecule is COc1ccc(CC(=O)N[C@H]2CCc3cc(OC)c(OC)cc32)cc1. The lowest BCUT2D eigenvalue weighted by molar-refractivity contribution is -0.121. The fraction of sp³-hybridized carbons (Fsp3) is 0.350. The first-order chi connectivity index (χ1) is 12.1. The monoisotopic (exact) mass is 341 g/mol. The van der Waals surface area contributed by atoms with Gasteiger partial charge in [-0.3, -0.25) is 4.79 Å². The van der Waals surface area contributed by atoms with Crippen molar-refractivity contribution in [2.75, 3.05) is 21.3 Å². The smallest absolute Gasteiger partial charge is 0.224 e. The number of rotatable bonds is 6. The number of methoxy groups -OCH3 is 3. The van der Waals surface area contributed by atoms with Crippen molar-refractivity contribution < 1.29 is 19.0 Å². The summed E-state index contributed by atoms with van der Waals surface area (Å²) in [7, 11) is 4.88. The summed E-state index contributed by atoms with van der Waals surface area (Å²) >= 11 is 0. The van der Waals surface area contributed by atoms with Gasteiger partial charge < -0.3 is 19.5 Å². The molecule has 25 heavy (non-hydrogen) atoms. The number of carbonyl (C=O) groups is 1. The zero-order valence-corrected chi connectivity index (χ0v) is 14.8. The number of carbonyl (C=O) groups excluding carboxylic acids is 1. The van der Waals surface area contributed by atoms with Crippen LogP contribution < -0.4 is 19.5 Å². The molecule has 0 spiro atoms. The number of ether oxygens (including phenoxy) is 3. The molecule has 5 heteroatoms. The molecule has 1 N–H and O–H groups in total. The van der Waals surface area contributed by atoms with Crippen molar-refractivity contribution in [3.05, 3.63) is 53.1 Å². The van der Waals surface area contributed by atoms with E-state index in [1.165, 1.54) is 5.56 Å². The molecular formula is C20H23NO4. The molecule has 0 fully saturated rings. The number of nitrogens with one attached hydrogen (secondary N) is 1. The second-order valence-corrected chi connectivity index (χ2v) is 6.09. The molecule has 0 saturated carbocycles. The fourth-order valence-corrected chi connectivity index (χ4v) is 3.26. The first kappa shape index (κ1) is 17.1. The first-order valence-corrected chi connectivity index (χ1v) is 8.31. The van der Waals surface area contributed by atoms with E-state index >= 15 is 0 Å². The predicted molar refractivity (Wildman–Crippen MR) is 95.4 cm³/mol. The maximum atomic E-state index is 12.4. The van der Waals surface area contributed by atoms with Gasteiger partial charge in [-0.1, -0.05) is 12.1 Å². The molecule has 0 bridgehead atoms. The highest BCUT2D eigenvalue weighted by atomic mass is 16.5. The van der Waals surface area contributed by atoms with E-state index in [4.69, 9.17) is 14.2 Å². The van der Waals surface area contributed by atoms with E-state index in [0.29, 0.717) is 12.2 Å². The number of hydrogen-bond donors (Lipinski definition) is 1. The molecule has 0 radical (unpaired) electrons. The Kier molecular flexibility index (Phi) is 5.12. The van der Waals surface area contributed by atoms with Crippen LogP contribution in [0.5, 0.6) is 17.2 Å². The van der Waals surface area contributed by atoms with E-state index in [-0.39, 0.29) is 11.9 Å². The summed E-state index contributed by atoms with van der Waals surface area (Å²) in [5.41, 5.74) is 3.27. The summed E-state index contributed by atoms with van der Waals surface area (Å²) in [6.07, 6.45) is 2.16. The third kappa shape index (κ3) is 3.71. The molecule has 1 aliphatic rings. The summed E-state index contributed by atoms with van der Waals surface area (Å²) in [6, 6.07) is 11.5. The molecule has 0 heterocycles. The van der Waals surface area contributed by atoms with Gasteiger partial charge in [-0.25, -0.2) is 0 Å². The minimum atomic E-state index is 0.0119. The Hall–Kier alpha value is -2.69. The van der Waals surface area contributed by atoms with Crippen LogP contribution in [0.25, 0.3) is 0 Å². The van der Waals surface area contributed by atoms with Gasteiger partial charge in [-0.15, -0.1) is 0 Å². The second kappa shape index (κ2) is 7.47. The van der Waals surface area contributed by atoms with E-state index in [0.717, 1.165) is 35.5 Å². The van der Waals surface area contributed by atoms with Crippen molar-refractivity contribution in [2.24, 2.45) is 0 Å². The molecule has 3 rings (SSSR count). The fourth-order valence-electron chi connectivity index (χ4n) is 3.26. The molecule has 2 aromatic rings. The Morgan fingerprint density at radius 2 is 1.72 bits per heavy atom. The quantitative estimate of drug-likeness (QED) is 0.877. The summed E-state index contributed by atoms with van der Waals surface area (Å²) in [5.74, 6) is 2.22. The van der Waals surface area contributed by atoms with Crippen LogP contribution in [0.4, 0.5) is 0 Å². The van der Waals surface area contributed by atoms with Crippen LogP contribution in [0.2, 0.25) is 0 Å². The van der Waals surface area contributed by atoms with Gasteiger partial charge in [0.2, 0.25) is 5.91 Å². The molecule has 0 aromatic heterocycles. The average molecular weight is 341 g/mol. The first-order valence-electron chi connectivity index (χ1n) is 8.31. The molecule has 1 aliphatic carbocycles. The van der Waals surface area contributed by atoms with Gasteiger partial charge in [0.25, 0.3) is 0 Å². The highest BCUT2D eigenvalue weighted by Crippen LogP contribution is 2.39. The van der Waals surface area contributed by atoms with Crippen molar-refractivity contribution in [3.8, 4) is 17.2 Å². The van der Waals surface area contributed by atoms with Gasteiger partial charge in [0, 0.05) is 0 Å². The van der Waals surface area contributed by atoms with E-state index in [1.54, 1.807) is 21.3 Å². The average Bonchev–Trinajstić information content (AvgIpc) is 3.02. The molecule has 5 nitrogen and oxygen atoms in total. The largest absolute Gasteiger partial charge is 0.497 e. The molecule has 0 unspecified atom stereocenters. The van der Waals surface area contributed by atoms with Crippen molar-refractivity contribution in [1.29, 1.82) is 0 Å². The number of fused-ring (bicyclic) bond motifs is 1. The van der Waals surface area contributed by atoms with Crippen molar-refractivity contribution in [2.45, 2.75) is 25.3 Å². The highest BCUT2D eigenvalue weighted by molar-refractivity contribution is 5.79. The Morgan fingerprint density at radius 1 is 1.04 bits per heavy atom. The van der Waals surface area contributed by atoms with Gasteiger partial charge in [0.15, 0.2) is 11.5 Å². The highest BCUT2D eigenvalue weighted by Gasteiger charge is 2.26. The molecule has 0 saturated heterocycles. The van der Waals surface area contributed by atoms with Crippen LogP contribution in [0, 0.1) is 0 Å². The molecule has 0 aliphatic heterocycles. The van der Waals surface area contributed by atoms with Crippen LogP contribution in [0.15, 0.2) is 36.4 Å². The van der Waals surface area contributed by atoms with E-state index in [2.05, 4.69) is 5.32 Å². The van der Waals surface area contributed by atoms with Crippen LogP contribution in [0.3, 0.4) is 0 Å². The van der Waals surface area contributed by atoms with Gasteiger partial charge in [-0.2, -0.15) is 0 Å². The molecule has 132 valence electrons. The lowest BCUT2D eigenvalue weighted by Crippen LogP contribution is -2.28. The Bertz CT molecular complexity index is 755. The normalized spacial score (nSPS) is 15.4. The third-order valence-corrected chi connectivity index (χ3v) is 4.58. The zero-order valence-electron chi connectivity index (χ0n) is 14.8. The maximum Gasteiger partial charge on any atom is 0.224 e. The van der Waals surface area contributed by atoms with Gasteiger partial charge in [0.1, 0.15) is 5.75 Å². The van der Waals surface area contributed by atoms with Crippen molar-refractivity contribution >= 4 is 5.91 Å². The minimum absolute atomic E-state index is 0.0119. The van der Waals surface area contributed by atoms with Gasteiger partial charge in [0.05, 0.1) is 33.8 Å². The predicted octanol–water partition coefficient (Wildman–Crippen LogP) is 3.06. The summed E-state index contributed by atoms with van der Waals surface area (Å²) in [6.45, 7) is 0. The Labute approximate surface area is 147 Å². The second-order valence-electron chi connectivity index (χ2n) is 6.09. The number of hydrogen-bond acceptors (Lipinski definition) is 4. The topological polar surface area (TPSA) is 56.8 Å². The van der Waals surface area contributed by atoms with Crippen LogP contribution in [-0.4, -0.2) is 27.2 Å². The van der Waals surface area contributed by atoms with Gasteiger partial charge >= 0.3 is 0 Å². The number of benzene rings is 2. The van der Waals surface area contributed by atoms with E-state index < -0.39 is 0 Å². The van der Waals surface area contributed by atoms with Crippen LogP contribution >= 0.6 is 0 Å². The lowest BCUT2D eigenvalue weighted by Gasteiger charge is -2.16. The summed E-state index contributed by atoms with van der Waals surface area (Å²) < 4.78 is 15.9. The Balaban J connectivity index is 1.69. The van der Waals surface area contributed by atoms with Gasteiger partial charge in [-0.05, 0) is 53.8 Å². The molecule has 2 aromatic carbocycles. The van der Waals surface area contributed by atoms with Crippen molar-refractivity contribution in [1.82, 2.24) is 5.32 Å². The molecule has 1 amide bonds. The zero-order chi connectivity index (χ0) is 17.8. The molecular weight excluding hydrogens is 318 g/mol. The Morgan fingerprint density at radius 3 is 2.36 bits per heavy atom. The maximum absolute atomic E-state index is 12.4. The minimum Gasteiger partial charge on any atom is -0.497 e. The van der Waals surface area contributed by atoms with Crippen LogP contribution in [0.1, 0.15) is 29.2 Å².